The summed E-state index contributed by atoms with van der Waals surface area (Å²) in [4.78, 5) is 10.8. The molecule has 0 aliphatic rings. The lowest BCUT2D eigenvalue weighted by Gasteiger charge is -2.08. The van der Waals surface area contributed by atoms with Crippen molar-refractivity contribution in [3.8, 4) is 5.75 Å². The maximum Gasteiger partial charge on any atom is 0.133 e. The van der Waals surface area contributed by atoms with Crippen LogP contribution in [0.2, 0.25) is 0 Å². The third-order valence-corrected chi connectivity index (χ3v) is 2.54. The molecule has 3 N–H and O–H groups in total. The molecule has 0 aliphatic heterocycles. The monoisotopic (exact) mass is 250 g/mol. The van der Waals surface area contributed by atoms with Crippen molar-refractivity contribution < 1.29 is 9.53 Å². The molecule has 0 atom stereocenters. The van der Waals surface area contributed by atoms with E-state index in [2.05, 4.69) is 5.32 Å². The highest BCUT2D eigenvalue weighted by molar-refractivity contribution is 5.75. The van der Waals surface area contributed by atoms with Crippen LogP contribution in [0.3, 0.4) is 0 Å². The lowest BCUT2D eigenvalue weighted by molar-refractivity contribution is -0.117. The number of hydrogen-bond donors (Lipinski definition) is 2. The first-order valence-corrected chi connectivity index (χ1v) is 6.38. The summed E-state index contributed by atoms with van der Waals surface area (Å²) in [6, 6.07) is 7.77. The summed E-state index contributed by atoms with van der Waals surface area (Å²) in [5.74, 6) is 0.942. The highest BCUT2D eigenvalue weighted by Gasteiger charge is 1.97. The van der Waals surface area contributed by atoms with Gasteiger partial charge in [-0.1, -0.05) is 0 Å². The molecular formula is C14H22N2O2. The first-order valence-electron chi connectivity index (χ1n) is 6.38. The first kappa shape index (κ1) is 14.5. The van der Waals surface area contributed by atoms with E-state index < -0.39 is 0 Å². The highest BCUT2D eigenvalue weighted by atomic mass is 16.5. The Hall–Kier alpha value is -1.55. The van der Waals surface area contributed by atoms with Crippen LogP contribution in [0.25, 0.3) is 0 Å². The van der Waals surface area contributed by atoms with Gasteiger partial charge >= 0.3 is 0 Å². The fourth-order valence-electron chi connectivity index (χ4n) is 1.48. The van der Waals surface area contributed by atoms with Gasteiger partial charge in [0.05, 0.1) is 6.61 Å². The van der Waals surface area contributed by atoms with Gasteiger partial charge in [-0.15, -0.1) is 0 Å². The van der Waals surface area contributed by atoms with E-state index >= 15 is 0 Å². The molecule has 0 unspecified atom stereocenters. The number of anilines is 1. The summed E-state index contributed by atoms with van der Waals surface area (Å²) in [6.45, 7) is 3.68. The quantitative estimate of drug-likeness (QED) is 0.659. The Kier molecular flexibility index (Phi) is 6.87. The Labute approximate surface area is 109 Å². The molecule has 0 radical (unpaired) electrons. The van der Waals surface area contributed by atoms with Crippen LogP contribution in [0.4, 0.5) is 5.69 Å². The van der Waals surface area contributed by atoms with Crippen LogP contribution in [0, 0.1) is 0 Å². The molecule has 1 aromatic carbocycles. The largest absolute Gasteiger partial charge is 0.493 e. The fraction of sp³-hybridized carbons (Fsp3) is 0.500. The second kappa shape index (κ2) is 8.53. The third kappa shape index (κ3) is 6.25. The minimum absolute atomic E-state index is 0.146. The van der Waals surface area contributed by atoms with Gasteiger partial charge in [-0.2, -0.15) is 0 Å². The van der Waals surface area contributed by atoms with Crippen molar-refractivity contribution in [1.82, 2.24) is 0 Å². The fourth-order valence-corrected chi connectivity index (χ4v) is 1.48. The molecule has 0 spiro atoms. The predicted octanol–water partition coefficient (Wildman–Crippen LogP) is 2.20. The van der Waals surface area contributed by atoms with Crippen molar-refractivity contribution in [2.75, 3.05) is 25.0 Å². The Balaban J connectivity index is 2.26. The molecule has 0 heterocycles. The van der Waals surface area contributed by atoms with Crippen molar-refractivity contribution in [3.63, 3.8) is 0 Å². The number of benzene rings is 1. The van der Waals surface area contributed by atoms with Gasteiger partial charge in [-0.05, 0) is 50.6 Å². The average Bonchev–Trinajstić information content (AvgIpc) is 2.36. The zero-order valence-corrected chi connectivity index (χ0v) is 10.9. The molecule has 100 valence electrons. The molecular weight excluding hydrogens is 228 g/mol. The van der Waals surface area contributed by atoms with Crippen molar-refractivity contribution >= 4 is 11.5 Å². The molecule has 0 saturated heterocycles. The van der Waals surface area contributed by atoms with Crippen LogP contribution in [-0.2, 0) is 4.79 Å². The van der Waals surface area contributed by atoms with Crippen LogP contribution in [-0.4, -0.2) is 25.5 Å². The zero-order valence-electron chi connectivity index (χ0n) is 10.9. The lowest BCUT2D eigenvalue weighted by Crippen LogP contribution is -2.05. The van der Waals surface area contributed by atoms with Gasteiger partial charge < -0.3 is 15.8 Å². The van der Waals surface area contributed by atoms with E-state index in [0.29, 0.717) is 13.0 Å². The van der Waals surface area contributed by atoms with Crippen molar-refractivity contribution in [2.45, 2.75) is 26.2 Å². The second-order valence-corrected chi connectivity index (χ2v) is 4.25. The van der Waals surface area contributed by atoms with E-state index in [1.165, 1.54) is 0 Å². The number of Topliss-reactive ketones (excluding diaryl/α,β-unsaturated/α-hetero) is 1. The number of rotatable bonds is 9. The summed E-state index contributed by atoms with van der Waals surface area (Å²) >= 11 is 0. The Morgan fingerprint density at radius 2 is 2.00 bits per heavy atom. The normalized spacial score (nSPS) is 10.1. The molecule has 1 aromatic rings. The van der Waals surface area contributed by atoms with Gasteiger partial charge in [0.2, 0.25) is 0 Å². The second-order valence-electron chi connectivity index (χ2n) is 4.25. The summed E-state index contributed by atoms with van der Waals surface area (Å²) in [7, 11) is 0. The molecule has 18 heavy (non-hydrogen) atoms. The molecule has 0 aliphatic carbocycles. The Morgan fingerprint density at radius 3 is 2.61 bits per heavy atom. The maximum absolute atomic E-state index is 10.8. The first-order chi connectivity index (χ1) is 8.72. The number of nitrogens with one attached hydrogen (secondary N) is 1. The van der Waals surface area contributed by atoms with Gasteiger partial charge in [0, 0.05) is 18.7 Å². The van der Waals surface area contributed by atoms with Crippen LogP contribution < -0.4 is 15.8 Å². The molecule has 4 nitrogen and oxygen atoms in total. The van der Waals surface area contributed by atoms with E-state index in [0.717, 1.165) is 37.4 Å². The van der Waals surface area contributed by atoms with Crippen molar-refractivity contribution in [2.24, 2.45) is 5.73 Å². The summed E-state index contributed by atoms with van der Waals surface area (Å²) < 4.78 is 5.45. The number of carbonyl (C=O) groups is 1. The molecule has 0 fully saturated rings. The molecule has 1 rings (SSSR count). The average molecular weight is 250 g/mol. The predicted molar refractivity (Wildman–Crippen MR) is 74.0 cm³/mol. The standard InChI is InChI=1S/C14H22N2O2/c1-12(17)8-11-18-14-6-4-13(5-7-14)16-10-3-2-9-15/h4-7,16H,2-3,8-11,15H2,1H3. The summed E-state index contributed by atoms with van der Waals surface area (Å²) in [5, 5.41) is 3.32. The van der Waals surface area contributed by atoms with Crippen LogP contribution >= 0.6 is 0 Å². The molecule has 0 bridgehead atoms. The van der Waals surface area contributed by atoms with E-state index in [1.54, 1.807) is 6.92 Å². The Bertz CT molecular complexity index is 349. The number of ether oxygens (including phenoxy) is 1. The topological polar surface area (TPSA) is 64.3 Å². The van der Waals surface area contributed by atoms with E-state index in [-0.39, 0.29) is 5.78 Å². The SMILES string of the molecule is CC(=O)CCOc1ccc(NCCCCN)cc1. The number of ketones is 1. The van der Waals surface area contributed by atoms with Crippen molar-refractivity contribution in [3.05, 3.63) is 24.3 Å². The minimum Gasteiger partial charge on any atom is -0.493 e. The van der Waals surface area contributed by atoms with Gasteiger partial charge in [0.15, 0.2) is 0 Å². The van der Waals surface area contributed by atoms with Gasteiger partial charge in [-0.3, -0.25) is 4.79 Å². The summed E-state index contributed by atoms with van der Waals surface area (Å²) in [5.41, 5.74) is 6.50. The smallest absolute Gasteiger partial charge is 0.133 e. The molecule has 0 saturated carbocycles. The van der Waals surface area contributed by atoms with Crippen LogP contribution in [0.15, 0.2) is 24.3 Å². The number of hydrogen-bond acceptors (Lipinski definition) is 4. The van der Waals surface area contributed by atoms with Gasteiger partial charge in [0.1, 0.15) is 11.5 Å². The van der Waals surface area contributed by atoms with Crippen LogP contribution in [0.1, 0.15) is 26.2 Å². The van der Waals surface area contributed by atoms with E-state index in [4.69, 9.17) is 10.5 Å². The highest BCUT2D eigenvalue weighted by Crippen LogP contribution is 2.15. The van der Waals surface area contributed by atoms with E-state index in [1.807, 2.05) is 24.3 Å². The van der Waals surface area contributed by atoms with Gasteiger partial charge in [-0.25, -0.2) is 0 Å². The summed E-state index contributed by atoms with van der Waals surface area (Å²) in [6.07, 6.45) is 2.58. The molecule has 0 aromatic heterocycles. The lowest BCUT2D eigenvalue weighted by atomic mass is 10.2. The van der Waals surface area contributed by atoms with Crippen LogP contribution in [0.5, 0.6) is 5.75 Å². The van der Waals surface area contributed by atoms with E-state index in [9.17, 15) is 4.79 Å². The number of nitrogens with two attached hydrogens (primary N) is 1. The number of unbranched alkanes of at least 4 members (excludes halogenated alkanes) is 1. The minimum atomic E-state index is 0.146. The Morgan fingerprint density at radius 1 is 1.28 bits per heavy atom. The maximum atomic E-state index is 10.8. The molecule has 0 amide bonds. The van der Waals surface area contributed by atoms with Gasteiger partial charge in [0.25, 0.3) is 0 Å². The van der Waals surface area contributed by atoms with Crippen molar-refractivity contribution in [1.29, 1.82) is 0 Å². The third-order valence-electron chi connectivity index (χ3n) is 2.54. The number of carbonyl (C=O) groups excluding carboxylic acids is 1. The molecule has 4 heteroatoms. The zero-order chi connectivity index (χ0) is 13.2.